The van der Waals surface area contributed by atoms with Crippen LogP contribution in [0, 0.1) is 5.92 Å². The molecule has 12 heavy (non-hydrogen) atoms. The molecule has 0 aromatic rings. The van der Waals surface area contributed by atoms with Crippen LogP contribution in [-0.4, -0.2) is 32.7 Å². The van der Waals surface area contributed by atoms with Gasteiger partial charge in [-0.1, -0.05) is 0 Å². The van der Waals surface area contributed by atoms with Crippen molar-refractivity contribution in [2.75, 3.05) is 26.7 Å². The molecule has 0 bridgehead atoms. The first-order chi connectivity index (χ1) is 5.83. The van der Waals surface area contributed by atoms with Crippen LogP contribution in [0.4, 0.5) is 4.79 Å². The van der Waals surface area contributed by atoms with Gasteiger partial charge in [-0.3, -0.25) is 0 Å². The number of hydrogen-bond acceptors (Lipinski definition) is 2. The normalized spacial score (nSPS) is 23.2. The largest absolute Gasteiger partial charge is 0.341 e. The van der Waals surface area contributed by atoms with Crippen molar-refractivity contribution >= 4 is 6.03 Å². The van der Waals surface area contributed by atoms with E-state index >= 15 is 0 Å². The van der Waals surface area contributed by atoms with E-state index in [4.69, 9.17) is 0 Å². The van der Waals surface area contributed by atoms with Gasteiger partial charge in [0.2, 0.25) is 0 Å². The van der Waals surface area contributed by atoms with E-state index in [2.05, 4.69) is 16.0 Å². The molecule has 1 aliphatic heterocycles. The minimum absolute atomic E-state index is 0.0828. The zero-order chi connectivity index (χ0) is 8.81. The third kappa shape index (κ3) is 3.09. The van der Waals surface area contributed by atoms with Crippen molar-refractivity contribution in [3.63, 3.8) is 0 Å². The fraction of sp³-hybridized carbons (Fsp3) is 0.875. The highest BCUT2D eigenvalue weighted by molar-refractivity contribution is 5.73. The van der Waals surface area contributed by atoms with Crippen LogP contribution in [0.5, 0.6) is 0 Å². The minimum Gasteiger partial charge on any atom is -0.341 e. The molecule has 4 heteroatoms. The third-order valence-corrected chi connectivity index (χ3v) is 2.18. The Morgan fingerprint density at radius 2 is 2.50 bits per heavy atom. The Morgan fingerprint density at radius 3 is 3.08 bits per heavy atom. The van der Waals surface area contributed by atoms with Gasteiger partial charge in [-0.25, -0.2) is 4.79 Å². The van der Waals surface area contributed by atoms with Gasteiger partial charge in [-0.15, -0.1) is 0 Å². The van der Waals surface area contributed by atoms with Crippen LogP contribution in [-0.2, 0) is 0 Å². The molecule has 0 aromatic carbocycles. The molecule has 1 aliphatic rings. The minimum atomic E-state index is -0.0828. The summed E-state index contributed by atoms with van der Waals surface area (Å²) in [5.41, 5.74) is 0. The quantitative estimate of drug-likeness (QED) is 0.544. The smallest absolute Gasteiger partial charge is 0.314 e. The summed E-state index contributed by atoms with van der Waals surface area (Å²) in [5.74, 6) is 0.607. The monoisotopic (exact) mass is 171 g/mol. The summed E-state index contributed by atoms with van der Waals surface area (Å²) in [5, 5.41) is 8.65. The lowest BCUT2D eigenvalue weighted by Gasteiger charge is -2.22. The number of urea groups is 1. The third-order valence-electron chi connectivity index (χ3n) is 2.18. The number of carbonyl (C=O) groups excluding carboxylic acids is 1. The average Bonchev–Trinajstić information content (AvgIpc) is 2.16. The van der Waals surface area contributed by atoms with Crippen molar-refractivity contribution in [3.8, 4) is 0 Å². The molecule has 0 spiro atoms. The number of nitrogens with one attached hydrogen (secondary N) is 3. The van der Waals surface area contributed by atoms with Crippen molar-refractivity contribution in [1.82, 2.24) is 16.0 Å². The highest BCUT2D eigenvalue weighted by Crippen LogP contribution is 2.07. The number of hydrogen-bond donors (Lipinski definition) is 3. The maximum absolute atomic E-state index is 10.8. The second-order valence-electron chi connectivity index (χ2n) is 3.17. The fourth-order valence-electron chi connectivity index (χ4n) is 1.42. The number of carbonyl (C=O) groups is 1. The first-order valence-corrected chi connectivity index (χ1v) is 4.49. The second kappa shape index (κ2) is 4.98. The molecule has 3 N–H and O–H groups in total. The Morgan fingerprint density at radius 1 is 1.67 bits per heavy atom. The van der Waals surface area contributed by atoms with E-state index in [1.54, 1.807) is 7.05 Å². The van der Waals surface area contributed by atoms with Gasteiger partial charge in [-0.2, -0.15) is 0 Å². The van der Waals surface area contributed by atoms with Crippen LogP contribution < -0.4 is 16.0 Å². The Hall–Kier alpha value is -0.770. The van der Waals surface area contributed by atoms with E-state index in [0.717, 1.165) is 19.6 Å². The lowest BCUT2D eigenvalue weighted by atomic mass is 10.00. The van der Waals surface area contributed by atoms with E-state index in [-0.39, 0.29) is 6.03 Å². The standard InChI is InChI=1S/C8H17N3O/c1-9-8(12)11-6-7-3-2-4-10-5-7/h7,10H,2-6H2,1H3,(H2,9,11,12). The fourth-order valence-corrected chi connectivity index (χ4v) is 1.42. The SMILES string of the molecule is CNC(=O)NCC1CCCNC1. The number of rotatable bonds is 2. The average molecular weight is 171 g/mol. The lowest BCUT2D eigenvalue weighted by Crippen LogP contribution is -2.41. The first-order valence-electron chi connectivity index (χ1n) is 4.49. The number of piperidine rings is 1. The summed E-state index contributed by atoms with van der Waals surface area (Å²) in [6.45, 7) is 2.94. The Labute approximate surface area is 73.1 Å². The maximum atomic E-state index is 10.8. The molecule has 1 saturated heterocycles. The molecule has 2 amide bonds. The predicted molar refractivity (Wildman–Crippen MR) is 48.1 cm³/mol. The van der Waals surface area contributed by atoms with Crippen molar-refractivity contribution in [3.05, 3.63) is 0 Å². The molecule has 1 heterocycles. The van der Waals surface area contributed by atoms with Crippen LogP contribution in [0.1, 0.15) is 12.8 Å². The van der Waals surface area contributed by atoms with Crippen LogP contribution >= 0.6 is 0 Å². The summed E-state index contributed by atoms with van der Waals surface area (Å²) < 4.78 is 0. The second-order valence-corrected chi connectivity index (χ2v) is 3.17. The Kier molecular flexibility index (Phi) is 3.87. The summed E-state index contributed by atoms with van der Waals surface area (Å²) in [7, 11) is 1.63. The molecule has 0 radical (unpaired) electrons. The van der Waals surface area contributed by atoms with Crippen molar-refractivity contribution in [2.24, 2.45) is 5.92 Å². The van der Waals surface area contributed by atoms with E-state index in [0.29, 0.717) is 5.92 Å². The van der Waals surface area contributed by atoms with E-state index in [1.807, 2.05) is 0 Å². The summed E-state index contributed by atoms with van der Waals surface area (Å²) >= 11 is 0. The lowest BCUT2D eigenvalue weighted by molar-refractivity contribution is 0.239. The zero-order valence-corrected chi connectivity index (χ0v) is 7.52. The molecule has 0 saturated carbocycles. The van der Waals surface area contributed by atoms with Gasteiger partial charge in [0.05, 0.1) is 0 Å². The van der Waals surface area contributed by atoms with Crippen LogP contribution in [0.25, 0.3) is 0 Å². The van der Waals surface area contributed by atoms with Crippen molar-refractivity contribution in [2.45, 2.75) is 12.8 Å². The van der Waals surface area contributed by atoms with Crippen LogP contribution in [0.3, 0.4) is 0 Å². The summed E-state index contributed by atoms with van der Waals surface area (Å²) in [4.78, 5) is 10.8. The molecule has 1 atom stereocenters. The molecule has 1 unspecified atom stereocenters. The Balaban J connectivity index is 2.09. The summed E-state index contributed by atoms with van der Waals surface area (Å²) in [6, 6.07) is -0.0828. The molecule has 0 aliphatic carbocycles. The highest BCUT2D eigenvalue weighted by atomic mass is 16.2. The van der Waals surface area contributed by atoms with Gasteiger partial charge < -0.3 is 16.0 Å². The van der Waals surface area contributed by atoms with E-state index < -0.39 is 0 Å². The van der Waals surface area contributed by atoms with Gasteiger partial charge in [0.1, 0.15) is 0 Å². The van der Waals surface area contributed by atoms with Crippen molar-refractivity contribution in [1.29, 1.82) is 0 Å². The molecule has 0 aromatic heterocycles. The van der Waals surface area contributed by atoms with E-state index in [1.165, 1.54) is 12.8 Å². The van der Waals surface area contributed by atoms with Gasteiger partial charge in [0, 0.05) is 13.6 Å². The first kappa shape index (κ1) is 9.32. The number of amides is 2. The van der Waals surface area contributed by atoms with Crippen LogP contribution in [0.2, 0.25) is 0 Å². The van der Waals surface area contributed by atoms with Gasteiger partial charge in [-0.05, 0) is 31.8 Å². The van der Waals surface area contributed by atoms with Crippen molar-refractivity contribution < 1.29 is 4.79 Å². The zero-order valence-electron chi connectivity index (χ0n) is 7.52. The van der Waals surface area contributed by atoms with Gasteiger partial charge >= 0.3 is 6.03 Å². The van der Waals surface area contributed by atoms with Gasteiger partial charge in [0.15, 0.2) is 0 Å². The molecule has 1 rings (SSSR count). The van der Waals surface area contributed by atoms with E-state index in [9.17, 15) is 4.79 Å². The molecular weight excluding hydrogens is 154 g/mol. The topological polar surface area (TPSA) is 53.2 Å². The molecular formula is C8H17N3O. The highest BCUT2D eigenvalue weighted by Gasteiger charge is 2.12. The summed E-state index contributed by atoms with van der Waals surface area (Å²) in [6.07, 6.45) is 2.44. The molecule has 70 valence electrons. The van der Waals surface area contributed by atoms with Crippen LogP contribution in [0.15, 0.2) is 0 Å². The molecule has 4 nitrogen and oxygen atoms in total. The predicted octanol–water partition coefficient (Wildman–Crippen LogP) is -0.0850. The Bertz CT molecular complexity index is 143. The maximum Gasteiger partial charge on any atom is 0.314 e. The van der Waals surface area contributed by atoms with Gasteiger partial charge in [0.25, 0.3) is 0 Å². The molecule has 1 fully saturated rings.